The Balaban J connectivity index is 2.39. The Morgan fingerprint density at radius 1 is 1.11 bits per heavy atom. The molecule has 0 saturated carbocycles. The molecule has 0 radical (unpaired) electrons. The van der Waals surface area contributed by atoms with E-state index in [0.717, 1.165) is 12.3 Å². The van der Waals surface area contributed by atoms with Gasteiger partial charge in [0.2, 0.25) is 0 Å². The summed E-state index contributed by atoms with van der Waals surface area (Å²) in [7, 11) is 0. The Kier molecular flexibility index (Phi) is 3.18. The maximum atomic E-state index is 12.8. The quantitative estimate of drug-likeness (QED) is 0.895. The summed E-state index contributed by atoms with van der Waals surface area (Å²) in [5.41, 5.74) is 5.56. The SMILES string of the molecule is Nc1ncccc1Cc1cnccc1C(F)(F)F. The van der Waals surface area contributed by atoms with Crippen LogP contribution in [-0.2, 0) is 12.6 Å². The highest BCUT2D eigenvalue weighted by Gasteiger charge is 2.33. The number of alkyl halides is 3. The first kappa shape index (κ1) is 12.3. The van der Waals surface area contributed by atoms with Crippen LogP contribution in [0, 0.1) is 0 Å². The number of nitrogens with zero attached hydrogens (tertiary/aromatic N) is 2. The van der Waals surface area contributed by atoms with Crippen LogP contribution in [0.2, 0.25) is 0 Å². The van der Waals surface area contributed by atoms with Gasteiger partial charge in [0.05, 0.1) is 5.56 Å². The van der Waals surface area contributed by atoms with E-state index in [0.29, 0.717) is 5.56 Å². The summed E-state index contributed by atoms with van der Waals surface area (Å²) in [5.74, 6) is 0.231. The second-order valence-corrected chi connectivity index (χ2v) is 3.76. The molecule has 18 heavy (non-hydrogen) atoms. The molecule has 0 aromatic carbocycles. The van der Waals surface area contributed by atoms with Crippen LogP contribution < -0.4 is 5.73 Å². The van der Waals surface area contributed by atoms with Crippen molar-refractivity contribution in [3.8, 4) is 0 Å². The molecule has 2 rings (SSSR count). The van der Waals surface area contributed by atoms with Gasteiger partial charge in [-0.3, -0.25) is 4.98 Å². The van der Waals surface area contributed by atoms with Crippen LogP contribution in [0.15, 0.2) is 36.8 Å². The Morgan fingerprint density at radius 3 is 2.56 bits per heavy atom. The zero-order valence-electron chi connectivity index (χ0n) is 9.28. The molecule has 0 unspecified atom stereocenters. The lowest BCUT2D eigenvalue weighted by atomic mass is 10.0. The van der Waals surface area contributed by atoms with Crippen molar-refractivity contribution in [2.75, 3.05) is 5.73 Å². The van der Waals surface area contributed by atoms with Crippen molar-refractivity contribution in [2.45, 2.75) is 12.6 Å². The molecule has 6 heteroatoms. The summed E-state index contributed by atoms with van der Waals surface area (Å²) < 4.78 is 38.3. The molecule has 2 aromatic heterocycles. The lowest BCUT2D eigenvalue weighted by Crippen LogP contribution is -2.10. The third-order valence-corrected chi connectivity index (χ3v) is 2.52. The van der Waals surface area contributed by atoms with Crippen molar-refractivity contribution >= 4 is 5.82 Å². The van der Waals surface area contributed by atoms with Crippen LogP contribution in [0.25, 0.3) is 0 Å². The van der Waals surface area contributed by atoms with Gasteiger partial charge in [0.1, 0.15) is 5.82 Å². The van der Waals surface area contributed by atoms with E-state index in [-0.39, 0.29) is 17.8 Å². The van der Waals surface area contributed by atoms with E-state index in [9.17, 15) is 13.2 Å². The van der Waals surface area contributed by atoms with E-state index in [1.165, 1.54) is 12.4 Å². The summed E-state index contributed by atoms with van der Waals surface area (Å²) in [5, 5.41) is 0. The highest BCUT2D eigenvalue weighted by atomic mass is 19.4. The third-order valence-electron chi connectivity index (χ3n) is 2.52. The maximum absolute atomic E-state index is 12.8. The molecule has 0 aliphatic rings. The number of anilines is 1. The van der Waals surface area contributed by atoms with Gasteiger partial charge in [0.25, 0.3) is 0 Å². The summed E-state index contributed by atoms with van der Waals surface area (Å²) in [6, 6.07) is 4.24. The molecule has 2 N–H and O–H groups in total. The number of nitrogen functional groups attached to an aromatic ring is 1. The zero-order chi connectivity index (χ0) is 13.2. The minimum Gasteiger partial charge on any atom is -0.383 e. The highest BCUT2D eigenvalue weighted by Crippen LogP contribution is 2.32. The first-order chi connectivity index (χ1) is 8.48. The first-order valence-electron chi connectivity index (χ1n) is 5.18. The second kappa shape index (κ2) is 4.64. The molecule has 94 valence electrons. The van der Waals surface area contributed by atoms with Crippen molar-refractivity contribution in [1.29, 1.82) is 0 Å². The van der Waals surface area contributed by atoms with Gasteiger partial charge in [-0.2, -0.15) is 13.2 Å². The van der Waals surface area contributed by atoms with E-state index in [1.54, 1.807) is 12.1 Å². The maximum Gasteiger partial charge on any atom is 0.416 e. The fraction of sp³-hybridized carbons (Fsp3) is 0.167. The van der Waals surface area contributed by atoms with E-state index in [1.807, 2.05) is 0 Å². The van der Waals surface area contributed by atoms with E-state index < -0.39 is 11.7 Å². The molecule has 0 spiro atoms. The number of pyridine rings is 2. The molecule has 2 aromatic rings. The van der Waals surface area contributed by atoms with Crippen molar-refractivity contribution in [2.24, 2.45) is 0 Å². The first-order valence-corrected chi connectivity index (χ1v) is 5.18. The van der Waals surface area contributed by atoms with Crippen molar-refractivity contribution in [3.05, 3.63) is 53.5 Å². The molecule has 2 heterocycles. The molecule has 0 fully saturated rings. The molecule has 0 atom stereocenters. The van der Waals surface area contributed by atoms with Gasteiger partial charge in [0, 0.05) is 25.0 Å². The summed E-state index contributed by atoms with van der Waals surface area (Å²) in [6.07, 6.45) is -0.515. The Morgan fingerprint density at radius 2 is 1.89 bits per heavy atom. The fourth-order valence-electron chi connectivity index (χ4n) is 1.65. The molecule has 0 amide bonds. The van der Waals surface area contributed by atoms with Crippen molar-refractivity contribution in [1.82, 2.24) is 9.97 Å². The minimum absolute atomic E-state index is 0.0579. The summed E-state index contributed by atoms with van der Waals surface area (Å²) in [6.45, 7) is 0. The molecule has 0 saturated heterocycles. The predicted molar refractivity (Wildman–Crippen MR) is 60.7 cm³/mol. The van der Waals surface area contributed by atoms with E-state index in [4.69, 9.17) is 5.73 Å². The van der Waals surface area contributed by atoms with Crippen LogP contribution in [-0.4, -0.2) is 9.97 Å². The number of hydrogen-bond donors (Lipinski definition) is 1. The van der Waals surface area contributed by atoms with Gasteiger partial charge in [-0.1, -0.05) is 6.07 Å². The minimum atomic E-state index is -4.39. The van der Waals surface area contributed by atoms with Gasteiger partial charge in [-0.25, -0.2) is 4.98 Å². The third kappa shape index (κ3) is 2.58. The average Bonchev–Trinajstić information content (AvgIpc) is 2.31. The van der Waals surface area contributed by atoms with Crippen LogP contribution in [0.3, 0.4) is 0 Å². The van der Waals surface area contributed by atoms with Gasteiger partial charge in [-0.15, -0.1) is 0 Å². The number of nitrogens with two attached hydrogens (primary N) is 1. The monoisotopic (exact) mass is 253 g/mol. The molecule has 0 bridgehead atoms. The number of rotatable bonds is 2. The molecule has 0 aliphatic heterocycles. The van der Waals surface area contributed by atoms with Crippen LogP contribution >= 0.6 is 0 Å². The van der Waals surface area contributed by atoms with Crippen LogP contribution in [0.5, 0.6) is 0 Å². The lowest BCUT2D eigenvalue weighted by Gasteiger charge is -2.12. The van der Waals surface area contributed by atoms with Gasteiger partial charge in [-0.05, 0) is 23.3 Å². The number of halogens is 3. The molecular formula is C12H10F3N3. The topological polar surface area (TPSA) is 51.8 Å². The van der Waals surface area contributed by atoms with Gasteiger partial charge >= 0.3 is 6.18 Å². The van der Waals surface area contributed by atoms with Crippen molar-refractivity contribution < 1.29 is 13.2 Å². The average molecular weight is 253 g/mol. The summed E-state index contributed by atoms with van der Waals surface area (Å²) in [4.78, 5) is 7.57. The Bertz CT molecular complexity index is 552. The predicted octanol–water partition coefficient (Wildman–Crippen LogP) is 2.67. The van der Waals surface area contributed by atoms with Gasteiger partial charge < -0.3 is 5.73 Å². The standard InChI is InChI=1S/C12H10F3N3/c13-12(14,15)10-3-5-17-7-9(10)6-8-2-1-4-18-11(8)16/h1-5,7H,6H2,(H2,16,18). The number of hydrogen-bond acceptors (Lipinski definition) is 3. The Labute approximate surface area is 101 Å². The van der Waals surface area contributed by atoms with Gasteiger partial charge in [0.15, 0.2) is 0 Å². The number of aromatic nitrogens is 2. The summed E-state index contributed by atoms with van der Waals surface area (Å²) >= 11 is 0. The molecule has 0 aliphatic carbocycles. The lowest BCUT2D eigenvalue weighted by molar-refractivity contribution is -0.138. The zero-order valence-corrected chi connectivity index (χ0v) is 9.28. The van der Waals surface area contributed by atoms with Crippen LogP contribution in [0.1, 0.15) is 16.7 Å². The Hall–Kier alpha value is -2.11. The fourth-order valence-corrected chi connectivity index (χ4v) is 1.65. The second-order valence-electron chi connectivity index (χ2n) is 3.76. The smallest absolute Gasteiger partial charge is 0.383 e. The van der Waals surface area contributed by atoms with E-state index >= 15 is 0 Å². The van der Waals surface area contributed by atoms with E-state index in [2.05, 4.69) is 9.97 Å². The highest BCUT2D eigenvalue weighted by molar-refractivity contribution is 5.43. The normalized spacial score (nSPS) is 11.5. The molecule has 3 nitrogen and oxygen atoms in total. The largest absolute Gasteiger partial charge is 0.416 e. The van der Waals surface area contributed by atoms with Crippen LogP contribution in [0.4, 0.5) is 19.0 Å². The molecular weight excluding hydrogens is 243 g/mol. The van der Waals surface area contributed by atoms with Crippen molar-refractivity contribution in [3.63, 3.8) is 0 Å².